The maximum atomic E-state index is 12.9. The van der Waals surface area contributed by atoms with Crippen LogP contribution in [-0.2, 0) is 11.3 Å². The van der Waals surface area contributed by atoms with E-state index in [9.17, 15) is 9.59 Å². The van der Waals surface area contributed by atoms with Gasteiger partial charge in [0.05, 0.1) is 16.7 Å². The molecule has 30 heavy (non-hydrogen) atoms. The van der Waals surface area contributed by atoms with Crippen LogP contribution in [0.2, 0.25) is 0 Å². The minimum absolute atomic E-state index is 0.0439. The van der Waals surface area contributed by atoms with Gasteiger partial charge < -0.3 is 5.32 Å². The Bertz CT molecular complexity index is 1060. The molecule has 0 bridgehead atoms. The summed E-state index contributed by atoms with van der Waals surface area (Å²) in [5.41, 5.74) is 2.67. The molecular formula is C24H29N3O2S. The van der Waals surface area contributed by atoms with Crippen molar-refractivity contribution < 1.29 is 4.79 Å². The molecule has 0 fully saturated rings. The third-order valence-corrected chi connectivity index (χ3v) is 6.25. The molecule has 3 rings (SSSR count). The summed E-state index contributed by atoms with van der Waals surface area (Å²) >= 11 is 1.31. The predicted octanol–water partition coefficient (Wildman–Crippen LogP) is 5.44. The number of amides is 1. The van der Waals surface area contributed by atoms with Crippen molar-refractivity contribution in [3.63, 3.8) is 0 Å². The number of para-hydroxylation sites is 1. The molecule has 158 valence electrons. The molecule has 0 spiro atoms. The zero-order valence-corrected chi connectivity index (χ0v) is 18.7. The number of hydrogen-bond donors (Lipinski definition) is 1. The Labute approximate surface area is 181 Å². The highest BCUT2D eigenvalue weighted by Gasteiger charge is 2.13. The van der Waals surface area contributed by atoms with Gasteiger partial charge in [-0.15, -0.1) is 0 Å². The standard InChI is InChI=1S/C24H29N3O2S/c1-4-6-15-27-23(29)20-9-7-8-10-21(20)26-24(27)30-16-22(28)25-19-13-11-18(12-14-19)17(3)5-2/h7-14,17H,4-6,15-16H2,1-3H3,(H,25,28)/t17-/m1/s1. The summed E-state index contributed by atoms with van der Waals surface area (Å²) in [5, 5.41) is 4.14. The van der Waals surface area contributed by atoms with Crippen molar-refractivity contribution in [2.45, 2.75) is 57.7 Å². The van der Waals surface area contributed by atoms with Gasteiger partial charge in [-0.25, -0.2) is 4.98 Å². The quantitative estimate of drug-likeness (QED) is 0.368. The number of carbonyl (C=O) groups is 1. The highest BCUT2D eigenvalue weighted by Crippen LogP contribution is 2.22. The number of benzene rings is 2. The number of hydrogen-bond acceptors (Lipinski definition) is 4. The smallest absolute Gasteiger partial charge is 0.262 e. The molecule has 0 radical (unpaired) electrons. The lowest BCUT2D eigenvalue weighted by Gasteiger charge is -2.13. The minimum Gasteiger partial charge on any atom is -0.325 e. The fourth-order valence-electron chi connectivity index (χ4n) is 3.23. The van der Waals surface area contributed by atoms with E-state index in [1.807, 2.05) is 30.3 Å². The van der Waals surface area contributed by atoms with Gasteiger partial charge in [0.1, 0.15) is 0 Å². The van der Waals surface area contributed by atoms with Crippen molar-refractivity contribution in [2.24, 2.45) is 0 Å². The van der Waals surface area contributed by atoms with Crippen LogP contribution >= 0.6 is 11.8 Å². The summed E-state index contributed by atoms with van der Waals surface area (Å²) < 4.78 is 1.70. The first-order valence-electron chi connectivity index (χ1n) is 10.6. The molecular weight excluding hydrogens is 394 g/mol. The topological polar surface area (TPSA) is 64.0 Å². The van der Waals surface area contributed by atoms with Gasteiger partial charge in [-0.3, -0.25) is 14.2 Å². The van der Waals surface area contributed by atoms with Gasteiger partial charge in [-0.1, -0.05) is 63.2 Å². The van der Waals surface area contributed by atoms with Crippen LogP contribution in [0.3, 0.4) is 0 Å². The zero-order valence-electron chi connectivity index (χ0n) is 17.9. The van der Waals surface area contributed by atoms with E-state index in [-0.39, 0.29) is 17.2 Å². The molecule has 0 saturated heterocycles. The average Bonchev–Trinajstić information content (AvgIpc) is 2.77. The van der Waals surface area contributed by atoms with Crippen molar-refractivity contribution >= 4 is 34.3 Å². The first-order chi connectivity index (χ1) is 14.5. The van der Waals surface area contributed by atoms with Gasteiger partial charge in [-0.05, 0) is 48.6 Å². The van der Waals surface area contributed by atoms with Crippen LogP contribution in [0.15, 0.2) is 58.5 Å². The van der Waals surface area contributed by atoms with Crippen molar-refractivity contribution in [1.29, 1.82) is 0 Å². The average molecular weight is 424 g/mol. The molecule has 1 atom stereocenters. The Morgan fingerprint density at radius 3 is 2.57 bits per heavy atom. The van der Waals surface area contributed by atoms with Gasteiger partial charge in [0, 0.05) is 12.2 Å². The minimum atomic E-state index is -0.110. The summed E-state index contributed by atoms with van der Waals surface area (Å²) in [6.07, 6.45) is 2.96. The predicted molar refractivity (Wildman–Crippen MR) is 125 cm³/mol. The van der Waals surface area contributed by atoms with Crippen molar-refractivity contribution in [3.8, 4) is 0 Å². The molecule has 1 heterocycles. The summed E-state index contributed by atoms with van der Waals surface area (Å²) in [4.78, 5) is 30.1. The number of nitrogens with zero attached hydrogens (tertiary/aromatic N) is 2. The molecule has 5 nitrogen and oxygen atoms in total. The van der Waals surface area contributed by atoms with Crippen LogP contribution in [0.4, 0.5) is 5.69 Å². The molecule has 0 aliphatic rings. The third kappa shape index (κ3) is 5.30. The summed E-state index contributed by atoms with van der Waals surface area (Å²) in [6, 6.07) is 15.4. The highest BCUT2D eigenvalue weighted by molar-refractivity contribution is 7.99. The lowest BCUT2D eigenvalue weighted by Crippen LogP contribution is -2.24. The molecule has 0 saturated carbocycles. The second kappa shape index (κ2) is 10.4. The van der Waals surface area contributed by atoms with Crippen LogP contribution in [0.5, 0.6) is 0 Å². The van der Waals surface area contributed by atoms with E-state index < -0.39 is 0 Å². The van der Waals surface area contributed by atoms with Crippen LogP contribution < -0.4 is 10.9 Å². The number of nitrogens with one attached hydrogen (secondary N) is 1. The van der Waals surface area contributed by atoms with E-state index in [1.165, 1.54) is 17.3 Å². The number of unbranched alkanes of at least 4 members (excludes halogenated alkanes) is 1. The number of fused-ring (bicyclic) bond motifs is 1. The number of thioether (sulfide) groups is 1. The first kappa shape index (κ1) is 22.1. The highest BCUT2D eigenvalue weighted by atomic mass is 32.2. The Morgan fingerprint density at radius 1 is 1.13 bits per heavy atom. The van der Waals surface area contributed by atoms with Gasteiger partial charge >= 0.3 is 0 Å². The van der Waals surface area contributed by atoms with Gasteiger partial charge in [0.25, 0.3) is 5.56 Å². The van der Waals surface area contributed by atoms with E-state index in [2.05, 4.69) is 43.2 Å². The number of rotatable bonds is 9. The zero-order chi connectivity index (χ0) is 21.5. The lowest BCUT2D eigenvalue weighted by atomic mass is 9.99. The van der Waals surface area contributed by atoms with Crippen LogP contribution in [0.25, 0.3) is 10.9 Å². The summed E-state index contributed by atoms with van der Waals surface area (Å²) in [7, 11) is 0. The molecule has 1 N–H and O–H groups in total. The second-order valence-electron chi connectivity index (χ2n) is 7.49. The Hall–Kier alpha value is -2.60. The van der Waals surface area contributed by atoms with E-state index in [1.54, 1.807) is 10.6 Å². The SMILES string of the molecule is CCCCn1c(SCC(=O)Nc2ccc([C@H](C)CC)cc2)nc2ccccc2c1=O. The molecule has 0 aliphatic carbocycles. The van der Waals surface area contributed by atoms with E-state index in [0.717, 1.165) is 24.9 Å². The molecule has 3 aromatic rings. The second-order valence-corrected chi connectivity index (χ2v) is 8.43. The molecule has 0 aliphatic heterocycles. The van der Waals surface area contributed by atoms with Gasteiger partial charge in [0.2, 0.25) is 5.91 Å². The van der Waals surface area contributed by atoms with Crippen LogP contribution in [-0.4, -0.2) is 21.2 Å². The Kier molecular flexibility index (Phi) is 7.69. The Morgan fingerprint density at radius 2 is 1.87 bits per heavy atom. The Balaban J connectivity index is 1.72. The van der Waals surface area contributed by atoms with Gasteiger partial charge in [-0.2, -0.15) is 0 Å². The van der Waals surface area contributed by atoms with E-state index in [4.69, 9.17) is 0 Å². The maximum Gasteiger partial charge on any atom is 0.262 e. The lowest BCUT2D eigenvalue weighted by molar-refractivity contribution is -0.113. The normalized spacial score (nSPS) is 12.1. The number of anilines is 1. The fraction of sp³-hybridized carbons (Fsp3) is 0.375. The molecule has 1 amide bonds. The van der Waals surface area contributed by atoms with Crippen molar-refractivity contribution in [1.82, 2.24) is 9.55 Å². The third-order valence-electron chi connectivity index (χ3n) is 5.27. The molecule has 2 aromatic carbocycles. The van der Waals surface area contributed by atoms with Gasteiger partial charge in [0.15, 0.2) is 5.16 Å². The van der Waals surface area contributed by atoms with E-state index in [0.29, 0.717) is 28.5 Å². The fourth-order valence-corrected chi connectivity index (χ4v) is 4.05. The molecule has 0 unspecified atom stereocenters. The number of aromatic nitrogens is 2. The first-order valence-corrected chi connectivity index (χ1v) is 11.5. The van der Waals surface area contributed by atoms with Crippen molar-refractivity contribution in [3.05, 3.63) is 64.4 Å². The largest absolute Gasteiger partial charge is 0.325 e. The molecule has 1 aromatic heterocycles. The molecule has 6 heteroatoms. The number of carbonyl (C=O) groups excluding carboxylic acids is 1. The van der Waals surface area contributed by atoms with E-state index >= 15 is 0 Å². The monoisotopic (exact) mass is 423 g/mol. The maximum absolute atomic E-state index is 12.9. The summed E-state index contributed by atoms with van der Waals surface area (Å²) in [6.45, 7) is 7.05. The van der Waals surface area contributed by atoms with Crippen molar-refractivity contribution in [2.75, 3.05) is 11.1 Å². The van der Waals surface area contributed by atoms with Crippen LogP contribution in [0, 0.1) is 0 Å². The van der Waals surface area contributed by atoms with Crippen LogP contribution in [0.1, 0.15) is 51.5 Å². The summed E-state index contributed by atoms with van der Waals surface area (Å²) in [5.74, 6) is 0.592.